The van der Waals surface area contributed by atoms with Crippen LogP contribution in [0.15, 0.2) is 46.9 Å². The van der Waals surface area contributed by atoms with Crippen molar-refractivity contribution in [1.29, 1.82) is 0 Å². The Morgan fingerprint density at radius 2 is 1.71 bits per heavy atom. The lowest BCUT2D eigenvalue weighted by Gasteiger charge is -2.08. The summed E-state index contributed by atoms with van der Waals surface area (Å²) in [6.45, 7) is 0. The molecule has 0 unspecified atom stereocenters. The van der Waals surface area contributed by atoms with E-state index in [0.29, 0.717) is 17.1 Å². The Morgan fingerprint density at radius 3 is 2.32 bits per heavy atom. The molecule has 0 saturated carbocycles. The minimum Gasteiger partial charge on any atom is -0.497 e. The first kappa shape index (κ1) is 19.2. The number of ether oxygens (including phenoxy) is 2. The number of nitrogens with one attached hydrogen (secondary N) is 1. The fraction of sp³-hybridized carbons (Fsp3) is 0.167. The van der Waals surface area contributed by atoms with Gasteiger partial charge in [-0.2, -0.15) is 13.2 Å². The molecule has 0 aliphatic rings. The SMILES string of the molecule is COc1cc(OC)cc(-c2nnc(NC(=O)c3cccc(C(F)(F)F)c3)o2)c1. The van der Waals surface area contributed by atoms with Crippen LogP contribution >= 0.6 is 0 Å². The molecule has 0 radical (unpaired) electrons. The lowest BCUT2D eigenvalue weighted by molar-refractivity contribution is -0.137. The average Bonchev–Trinajstić information content (AvgIpc) is 3.15. The molecule has 2 aromatic carbocycles. The fourth-order valence-electron chi connectivity index (χ4n) is 2.33. The summed E-state index contributed by atoms with van der Waals surface area (Å²) in [5.41, 5.74) is -0.657. The summed E-state index contributed by atoms with van der Waals surface area (Å²) in [6, 6.07) is 8.61. The van der Waals surface area contributed by atoms with Crippen LogP contribution in [0.25, 0.3) is 11.5 Å². The highest BCUT2D eigenvalue weighted by molar-refractivity contribution is 6.03. The van der Waals surface area contributed by atoms with Gasteiger partial charge in [0.1, 0.15) is 11.5 Å². The van der Waals surface area contributed by atoms with Crippen molar-refractivity contribution in [3.8, 4) is 23.0 Å². The predicted molar refractivity (Wildman–Crippen MR) is 92.2 cm³/mol. The minimum atomic E-state index is -4.56. The van der Waals surface area contributed by atoms with E-state index in [0.717, 1.165) is 18.2 Å². The molecular weight excluding hydrogens is 379 g/mol. The number of carbonyl (C=O) groups is 1. The second-order valence-corrected chi connectivity index (χ2v) is 5.55. The van der Waals surface area contributed by atoms with Crippen LogP contribution in [-0.2, 0) is 6.18 Å². The van der Waals surface area contributed by atoms with Gasteiger partial charge in [0.05, 0.1) is 19.8 Å². The Kier molecular flexibility index (Phi) is 5.21. The summed E-state index contributed by atoms with van der Waals surface area (Å²) in [7, 11) is 2.96. The molecule has 0 spiro atoms. The number of methoxy groups -OCH3 is 2. The van der Waals surface area contributed by atoms with E-state index in [-0.39, 0.29) is 17.5 Å². The molecule has 1 heterocycles. The van der Waals surface area contributed by atoms with E-state index in [1.807, 2.05) is 0 Å². The molecule has 1 amide bonds. The number of benzene rings is 2. The molecule has 0 saturated heterocycles. The van der Waals surface area contributed by atoms with Crippen LogP contribution in [-0.4, -0.2) is 30.3 Å². The summed E-state index contributed by atoms with van der Waals surface area (Å²) >= 11 is 0. The molecule has 0 aliphatic heterocycles. The molecule has 146 valence electrons. The van der Waals surface area contributed by atoms with Gasteiger partial charge >= 0.3 is 12.2 Å². The van der Waals surface area contributed by atoms with Crippen molar-refractivity contribution in [2.45, 2.75) is 6.18 Å². The van der Waals surface area contributed by atoms with E-state index in [1.165, 1.54) is 20.3 Å². The zero-order valence-corrected chi connectivity index (χ0v) is 14.7. The van der Waals surface area contributed by atoms with Gasteiger partial charge in [0.15, 0.2) is 0 Å². The highest BCUT2D eigenvalue weighted by atomic mass is 19.4. The predicted octanol–water partition coefficient (Wildman–Crippen LogP) is 4.02. The van der Waals surface area contributed by atoms with E-state index in [1.54, 1.807) is 18.2 Å². The smallest absolute Gasteiger partial charge is 0.416 e. The number of carbonyl (C=O) groups excluding carboxylic acids is 1. The molecule has 7 nitrogen and oxygen atoms in total. The van der Waals surface area contributed by atoms with Crippen LogP contribution in [0.1, 0.15) is 15.9 Å². The Labute approximate surface area is 157 Å². The van der Waals surface area contributed by atoms with Crippen molar-refractivity contribution < 1.29 is 31.9 Å². The molecule has 3 rings (SSSR count). The van der Waals surface area contributed by atoms with Crippen LogP contribution in [0.5, 0.6) is 11.5 Å². The zero-order valence-electron chi connectivity index (χ0n) is 14.7. The quantitative estimate of drug-likeness (QED) is 0.705. The van der Waals surface area contributed by atoms with Crippen LogP contribution in [0, 0.1) is 0 Å². The van der Waals surface area contributed by atoms with E-state index in [2.05, 4.69) is 15.5 Å². The second-order valence-electron chi connectivity index (χ2n) is 5.55. The Bertz CT molecular complexity index is 979. The highest BCUT2D eigenvalue weighted by Gasteiger charge is 2.31. The first-order valence-corrected chi connectivity index (χ1v) is 7.85. The molecule has 1 N–H and O–H groups in total. The van der Waals surface area contributed by atoms with Gasteiger partial charge in [-0.3, -0.25) is 10.1 Å². The standard InChI is InChI=1S/C18H14F3N3O4/c1-26-13-7-11(8-14(9-13)27-2)16-23-24-17(28-16)22-15(25)10-4-3-5-12(6-10)18(19,20)21/h3-9H,1-2H3,(H,22,24,25). The summed E-state index contributed by atoms with van der Waals surface area (Å²) in [4.78, 5) is 12.2. The molecule has 0 bridgehead atoms. The number of alkyl halides is 3. The third-order valence-electron chi connectivity index (χ3n) is 3.70. The van der Waals surface area contributed by atoms with Crippen molar-refractivity contribution in [3.63, 3.8) is 0 Å². The summed E-state index contributed by atoms with van der Waals surface area (Å²) in [5, 5.41) is 9.78. The summed E-state index contributed by atoms with van der Waals surface area (Å²) < 4.78 is 54.0. The summed E-state index contributed by atoms with van der Waals surface area (Å²) in [6.07, 6.45) is -4.56. The molecular formula is C18H14F3N3O4. The lowest BCUT2D eigenvalue weighted by Crippen LogP contribution is -2.14. The maximum absolute atomic E-state index is 12.8. The molecule has 10 heteroatoms. The molecule has 28 heavy (non-hydrogen) atoms. The molecule has 0 aliphatic carbocycles. The van der Waals surface area contributed by atoms with E-state index < -0.39 is 17.6 Å². The van der Waals surface area contributed by atoms with E-state index >= 15 is 0 Å². The van der Waals surface area contributed by atoms with Crippen molar-refractivity contribution >= 4 is 11.9 Å². The second kappa shape index (κ2) is 7.59. The molecule has 0 fully saturated rings. The molecule has 3 aromatic rings. The van der Waals surface area contributed by atoms with Crippen molar-refractivity contribution in [1.82, 2.24) is 10.2 Å². The van der Waals surface area contributed by atoms with Crippen molar-refractivity contribution in [2.24, 2.45) is 0 Å². The first-order chi connectivity index (χ1) is 13.3. The summed E-state index contributed by atoms with van der Waals surface area (Å²) in [5.74, 6) is 0.227. The fourth-order valence-corrected chi connectivity index (χ4v) is 2.33. The number of rotatable bonds is 5. The number of nitrogens with zero attached hydrogens (tertiary/aromatic N) is 2. The Morgan fingerprint density at radius 1 is 1.04 bits per heavy atom. The van der Waals surface area contributed by atoms with Gasteiger partial charge in [-0.15, -0.1) is 5.10 Å². The highest BCUT2D eigenvalue weighted by Crippen LogP contribution is 2.31. The van der Waals surface area contributed by atoms with E-state index in [4.69, 9.17) is 13.9 Å². The van der Waals surface area contributed by atoms with Crippen LogP contribution in [0.4, 0.5) is 19.2 Å². The monoisotopic (exact) mass is 393 g/mol. The lowest BCUT2D eigenvalue weighted by atomic mass is 10.1. The van der Waals surface area contributed by atoms with Crippen LogP contribution < -0.4 is 14.8 Å². The third-order valence-corrected chi connectivity index (χ3v) is 3.70. The number of amides is 1. The number of halogens is 3. The molecule has 1 aromatic heterocycles. The van der Waals surface area contributed by atoms with Crippen molar-refractivity contribution in [2.75, 3.05) is 19.5 Å². The van der Waals surface area contributed by atoms with Gasteiger partial charge in [-0.05, 0) is 30.3 Å². The Hall–Kier alpha value is -3.56. The normalized spacial score (nSPS) is 11.2. The van der Waals surface area contributed by atoms with Crippen molar-refractivity contribution in [3.05, 3.63) is 53.6 Å². The van der Waals surface area contributed by atoms with E-state index in [9.17, 15) is 18.0 Å². The average molecular weight is 393 g/mol. The van der Waals surface area contributed by atoms with Gasteiger partial charge < -0.3 is 13.9 Å². The van der Waals surface area contributed by atoms with Crippen LogP contribution in [0.3, 0.4) is 0 Å². The first-order valence-electron chi connectivity index (χ1n) is 7.85. The van der Waals surface area contributed by atoms with Gasteiger partial charge in [-0.1, -0.05) is 11.2 Å². The van der Waals surface area contributed by atoms with Gasteiger partial charge in [0.2, 0.25) is 5.89 Å². The number of aromatic nitrogens is 2. The maximum Gasteiger partial charge on any atom is 0.416 e. The number of anilines is 1. The van der Waals surface area contributed by atoms with Gasteiger partial charge in [0.25, 0.3) is 5.91 Å². The topological polar surface area (TPSA) is 86.5 Å². The third kappa shape index (κ3) is 4.22. The molecule has 0 atom stereocenters. The Balaban J connectivity index is 1.81. The van der Waals surface area contributed by atoms with Gasteiger partial charge in [-0.25, -0.2) is 0 Å². The number of hydrogen-bond acceptors (Lipinski definition) is 6. The largest absolute Gasteiger partial charge is 0.497 e. The van der Waals surface area contributed by atoms with Gasteiger partial charge in [0, 0.05) is 17.2 Å². The number of hydrogen-bond donors (Lipinski definition) is 1. The maximum atomic E-state index is 12.8. The minimum absolute atomic E-state index is 0.0662. The van der Waals surface area contributed by atoms with Crippen LogP contribution in [0.2, 0.25) is 0 Å². The zero-order chi connectivity index (χ0) is 20.3.